The van der Waals surface area contributed by atoms with Gasteiger partial charge in [0.05, 0.1) is 0 Å². The summed E-state index contributed by atoms with van der Waals surface area (Å²) in [5.74, 6) is -3.54. The van der Waals surface area contributed by atoms with Gasteiger partial charge in [-0.05, 0) is 26.8 Å². The lowest BCUT2D eigenvalue weighted by atomic mass is 10.1. The highest BCUT2D eigenvalue weighted by Crippen LogP contribution is 2.37. The van der Waals surface area contributed by atoms with Gasteiger partial charge in [-0.1, -0.05) is 5.16 Å². The van der Waals surface area contributed by atoms with E-state index in [1.165, 1.54) is 62.9 Å². The molecule has 3 heterocycles. The Balaban J connectivity index is 1.75. The molecule has 1 saturated heterocycles. The van der Waals surface area contributed by atoms with Crippen LogP contribution in [0.2, 0.25) is 0 Å². The minimum atomic E-state index is -1.27. The summed E-state index contributed by atoms with van der Waals surface area (Å²) < 4.78 is 15.4. The Hall–Kier alpha value is -3.54. The minimum Gasteiger partial charge on any atom is -0.423 e. The molecule has 3 rings (SSSR count). The fourth-order valence-corrected chi connectivity index (χ4v) is 4.79. The molecular weight excluding hydrogens is 556 g/mol. The van der Waals surface area contributed by atoms with E-state index in [4.69, 9.17) is 30.5 Å². The van der Waals surface area contributed by atoms with Gasteiger partial charge in [-0.3, -0.25) is 9.59 Å². The number of hydrogen-bond acceptors (Lipinski definition) is 16. The highest BCUT2D eigenvalue weighted by atomic mass is 32.2. The van der Waals surface area contributed by atoms with Crippen LogP contribution >= 0.6 is 23.1 Å². The van der Waals surface area contributed by atoms with Crippen molar-refractivity contribution >= 4 is 63.5 Å². The van der Waals surface area contributed by atoms with Crippen molar-refractivity contribution in [3.05, 3.63) is 22.8 Å². The zero-order chi connectivity index (χ0) is 29.1. The average Bonchev–Trinajstić information content (AvgIpc) is 3.31. The number of nitrogens with two attached hydrogens (primary N) is 2. The number of carbonyl (C=O) groups excluding carboxylic acids is 5. The molecule has 0 bridgehead atoms. The number of carbonyl (C=O) groups is 5. The number of nitrogens with zero attached hydrogens (tertiary/aromatic N) is 3. The second-order valence-electron chi connectivity index (χ2n) is 8.76. The van der Waals surface area contributed by atoms with Crippen LogP contribution in [0, 0.1) is 0 Å². The lowest BCUT2D eigenvalue weighted by molar-refractivity contribution is -0.197. The fourth-order valence-electron chi connectivity index (χ4n) is 3.12. The molecule has 2 aliphatic heterocycles. The molecule has 17 heteroatoms. The van der Waals surface area contributed by atoms with Gasteiger partial charge in [-0.2, -0.15) is 0 Å². The first-order valence-corrected chi connectivity index (χ1v) is 13.4. The van der Waals surface area contributed by atoms with Crippen molar-refractivity contribution in [2.75, 3.05) is 18.6 Å². The third-order valence-electron chi connectivity index (χ3n) is 5.46. The molecule has 4 atom stereocenters. The smallest absolute Gasteiger partial charge is 0.357 e. The Labute approximate surface area is 231 Å². The van der Waals surface area contributed by atoms with E-state index in [1.807, 2.05) is 0 Å². The number of methoxy groups -OCH3 is 1. The Morgan fingerprint density at radius 2 is 1.95 bits per heavy atom. The standard InChI is InChI=1S/C22H28N6O9S2/c1-9(23)18(31)37-27-13(11-8-39-21(24)25-11)16(30)26-15-14(29)17-28(15)12(6-7-38-17)19(32)35-10(2)36-20(33)22(3,4)34-5/h6,8-10,15,17H,7,23H2,1-5H3,(H2,24,25)(H,26,30)/b27-13+/t9?,10?,15-,17-/m1/s1. The summed E-state index contributed by atoms with van der Waals surface area (Å²) >= 11 is 2.24. The number of hydrogen-bond donors (Lipinski definition) is 3. The van der Waals surface area contributed by atoms with Crippen LogP contribution in [0.5, 0.6) is 0 Å². The Morgan fingerprint density at radius 3 is 2.54 bits per heavy atom. The molecule has 0 aromatic carbocycles. The van der Waals surface area contributed by atoms with Gasteiger partial charge in [-0.15, -0.1) is 23.1 Å². The predicted molar refractivity (Wildman–Crippen MR) is 139 cm³/mol. The third kappa shape index (κ3) is 6.73. The van der Waals surface area contributed by atoms with E-state index in [1.54, 1.807) is 0 Å². The first-order valence-electron chi connectivity index (χ1n) is 11.4. The minimum absolute atomic E-state index is 0.00591. The maximum atomic E-state index is 13.1. The normalized spacial score (nSPS) is 20.6. The summed E-state index contributed by atoms with van der Waals surface area (Å²) in [6.07, 6.45) is -1.03. The third-order valence-corrected chi connectivity index (χ3v) is 7.26. The Bertz CT molecular complexity index is 1230. The highest BCUT2D eigenvalue weighted by Gasteiger charge is 2.53. The number of fused-ring (bicyclic) bond motifs is 1. The van der Waals surface area contributed by atoms with Crippen LogP contribution in [0.1, 0.15) is 33.4 Å². The van der Waals surface area contributed by atoms with Gasteiger partial charge >= 0.3 is 17.9 Å². The Morgan fingerprint density at radius 1 is 1.26 bits per heavy atom. The quantitative estimate of drug-likeness (QED) is 0.104. The lowest BCUT2D eigenvalue weighted by Gasteiger charge is -2.49. The highest BCUT2D eigenvalue weighted by molar-refractivity contribution is 8.00. The van der Waals surface area contributed by atoms with Gasteiger partial charge in [0.1, 0.15) is 22.8 Å². The summed E-state index contributed by atoms with van der Waals surface area (Å²) in [6.45, 7) is 5.70. The SMILES string of the molecule is COC(C)(C)C(=O)OC(C)OC(=O)C1=CCS[C@@H]2C(=O)[C@H](NC(=O)/C(=N/OC(=O)C(C)N)c3csc(N)n3)N12. The van der Waals surface area contributed by atoms with E-state index in [-0.39, 0.29) is 16.5 Å². The van der Waals surface area contributed by atoms with Gasteiger partial charge in [0.2, 0.25) is 12.1 Å². The number of anilines is 1. The topological polar surface area (TPSA) is 215 Å². The van der Waals surface area contributed by atoms with E-state index in [2.05, 4.69) is 15.5 Å². The van der Waals surface area contributed by atoms with Crippen LogP contribution in [0.15, 0.2) is 22.3 Å². The van der Waals surface area contributed by atoms with E-state index in [0.29, 0.717) is 5.75 Å². The number of amides is 1. The molecule has 0 saturated carbocycles. The number of Topliss-reactive ketones (excluding diaryl/α,β-unsaturated/α-hetero) is 1. The molecule has 0 radical (unpaired) electrons. The Kier molecular flexibility index (Phi) is 9.31. The number of aromatic nitrogens is 1. The molecule has 39 heavy (non-hydrogen) atoms. The van der Waals surface area contributed by atoms with Crippen LogP contribution < -0.4 is 16.8 Å². The monoisotopic (exact) mass is 584 g/mol. The summed E-state index contributed by atoms with van der Waals surface area (Å²) in [5, 5.41) is 6.81. The van der Waals surface area contributed by atoms with Crippen molar-refractivity contribution in [1.82, 2.24) is 15.2 Å². The molecule has 0 spiro atoms. The average molecular weight is 585 g/mol. The van der Waals surface area contributed by atoms with Gasteiger partial charge in [0, 0.05) is 25.2 Å². The van der Waals surface area contributed by atoms with Crippen molar-refractivity contribution in [2.45, 2.75) is 57.2 Å². The number of thiazole rings is 1. The van der Waals surface area contributed by atoms with Crippen LogP contribution in [-0.4, -0.2) is 87.5 Å². The molecular formula is C22H28N6O9S2. The van der Waals surface area contributed by atoms with Crippen molar-refractivity contribution in [3.63, 3.8) is 0 Å². The number of oxime groups is 1. The first-order chi connectivity index (χ1) is 18.3. The van der Waals surface area contributed by atoms with E-state index in [9.17, 15) is 24.0 Å². The van der Waals surface area contributed by atoms with Crippen molar-refractivity contribution in [1.29, 1.82) is 0 Å². The summed E-state index contributed by atoms with van der Waals surface area (Å²) in [6, 6.07) is -1.01. The van der Waals surface area contributed by atoms with Gasteiger partial charge in [0.25, 0.3) is 5.91 Å². The molecule has 1 aromatic rings. The molecule has 5 N–H and O–H groups in total. The predicted octanol–water partition coefficient (Wildman–Crippen LogP) is -0.539. The largest absolute Gasteiger partial charge is 0.423 e. The van der Waals surface area contributed by atoms with Crippen LogP contribution in [0.3, 0.4) is 0 Å². The number of thioether (sulfide) groups is 1. The first kappa shape index (κ1) is 30.0. The van der Waals surface area contributed by atoms with Gasteiger partial charge in [-0.25, -0.2) is 19.4 Å². The molecule has 1 amide bonds. The van der Waals surface area contributed by atoms with Crippen LogP contribution in [-0.2, 0) is 43.0 Å². The van der Waals surface area contributed by atoms with Gasteiger partial charge in [0.15, 0.2) is 22.6 Å². The zero-order valence-electron chi connectivity index (χ0n) is 21.7. The second-order valence-corrected chi connectivity index (χ2v) is 10.8. The number of nitrogen functional groups attached to an aromatic ring is 1. The number of ether oxygens (including phenoxy) is 3. The molecule has 2 unspecified atom stereocenters. The maximum absolute atomic E-state index is 13.1. The van der Waals surface area contributed by atoms with Crippen molar-refractivity contribution < 1.29 is 43.0 Å². The van der Waals surface area contributed by atoms with Gasteiger partial charge < -0.3 is 40.7 Å². The molecule has 212 valence electrons. The van der Waals surface area contributed by atoms with E-state index in [0.717, 1.165) is 11.3 Å². The summed E-state index contributed by atoms with van der Waals surface area (Å²) in [7, 11) is 1.33. The number of nitrogens with one attached hydrogen (secondary N) is 1. The summed E-state index contributed by atoms with van der Waals surface area (Å²) in [4.78, 5) is 72.9. The van der Waals surface area contributed by atoms with E-state index >= 15 is 0 Å². The van der Waals surface area contributed by atoms with Crippen LogP contribution in [0.4, 0.5) is 5.13 Å². The van der Waals surface area contributed by atoms with Crippen molar-refractivity contribution in [2.24, 2.45) is 10.9 Å². The molecule has 0 aliphatic carbocycles. The summed E-state index contributed by atoms with van der Waals surface area (Å²) in [5.41, 5.74) is 9.39. The van der Waals surface area contributed by atoms with Crippen LogP contribution in [0.25, 0.3) is 0 Å². The number of ketones is 1. The number of rotatable bonds is 10. The second kappa shape index (κ2) is 12.1. The molecule has 1 fully saturated rings. The zero-order valence-corrected chi connectivity index (χ0v) is 23.3. The van der Waals surface area contributed by atoms with Crippen molar-refractivity contribution in [3.8, 4) is 0 Å². The number of esters is 2. The molecule has 15 nitrogen and oxygen atoms in total. The fraction of sp³-hybridized carbons (Fsp3) is 0.500. The molecule has 2 aliphatic rings. The molecule has 1 aromatic heterocycles. The lowest BCUT2D eigenvalue weighted by Crippen LogP contribution is -2.71. The maximum Gasteiger partial charge on any atom is 0.357 e. The van der Waals surface area contributed by atoms with E-state index < -0.39 is 64.8 Å².